The van der Waals surface area contributed by atoms with Crippen LogP contribution in [0.25, 0.3) is 0 Å². The van der Waals surface area contributed by atoms with Crippen LogP contribution in [0.1, 0.15) is 6.23 Å². The molecule has 1 saturated heterocycles. The molecule has 4 atom stereocenters. The maximum Gasteiger partial charge on any atom is 0.332 e. The van der Waals surface area contributed by atoms with E-state index in [1.54, 1.807) is 0 Å². The van der Waals surface area contributed by atoms with Crippen LogP contribution in [-0.2, 0) is 11.8 Å². The number of alkyl halides is 1. The van der Waals surface area contributed by atoms with E-state index in [1.807, 2.05) is 0 Å². The summed E-state index contributed by atoms with van der Waals surface area (Å²) in [4.78, 5) is 23.0. The molecule has 1 unspecified atom stereocenters. The van der Waals surface area contributed by atoms with Gasteiger partial charge in [-0.25, -0.2) is 9.18 Å². The van der Waals surface area contributed by atoms with Crippen molar-refractivity contribution in [2.24, 2.45) is 7.05 Å². The van der Waals surface area contributed by atoms with Gasteiger partial charge in [0.1, 0.15) is 12.2 Å². The van der Waals surface area contributed by atoms with Gasteiger partial charge < -0.3 is 14.9 Å². The second kappa shape index (κ2) is 4.63. The molecule has 0 saturated carbocycles. The molecule has 0 radical (unpaired) electrons. The zero-order valence-corrected chi connectivity index (χ0v) is 9.56. The monoisotopic (exact) mass is 260 g/mol. The lowest BCUT2D eigenvalue weighted by atomic mass is 10.1. The van der Waals surface area contributed by atoms with E-state index >= 15 is 0 Å². The standard InChI is InChI=1S/C10H13FN2O5/c1-12-6(15)2-3-13(10(12)17)9-7(11)8(16)5(4-14)18-9/h2-3,5,7-9,14,16H,4H2,1H3/t5-,7?,8+,9-/m1/s1. The Labute approximate surface area is 101 Å². The van der Waals surface area contributed by atoms with Crippen molar-refractivity contribution in [3.8, 4) is 0 Å². The molecule has 0 spiro atoms. The van der Waals surface area contributed by atoms with Crippen LogP contribution in [0.5, 0.6) is 0 Å². The molecule has 2 N–H and O–H groups in total. The fourth-order valence-electron chi connectivity index (χ4n) is 1.86. The molecule has 2 rings (SSSR count). The highest BCUT2D eigenvalue weighted by Gasteiger charge is 2.45. The van der Waals surface area contributed by atoms with Crippen molar-refractivity contribution < 1.29 is 19.3 Å². The van der Waals surface area contributed by atoms with Gasteiger partial charge in [0, 0.05) is 19.3 Å². The van der Waals surface area contributed by atoms with Crippen LogP contribution in [0.3, 0.4) is 0 Å². The van der Waals surface area contributed by atoms with Gasteiger partial charge in [-0.15, -0.1) is 0 Å². The Morgan fingerprint density at radius 1 is 1.50 bits per heavy atom. The fraction of sp³-hybridized carbons (Fsp3) is 0.600. The van der Waals surface area contributed by atoms with Gasteiger partial charge in [0.05, 0.1) is 6.61 Å². The maximum absolute atomic E-state index is 13.8. The minimum absolute atomic E-state index is 0.524. The van der Waals surface area contributed by atoms with Gasteiger partial charge in [-0.3, -0.25) is 13.9 Å². The second-order valence-electron chi connectivity index (χ2n) is 4.09. The Kier molecular flexibility index (Phi) is 3.33. The number of aliphatic hydroxyl groups is 2. The molecule has 1 aliphatic rings. The van der Waals surface area contributed by atoms with E-state index in [0.29, 0.717) is 0 Å². The highest BCUT2D eigenvalue weighted by molar-refractivity contribution is 4.94. The van der Waals surface area contributed by atoms with Crippen LogP contribution >= 0.6 is 0 Å². The summed E-state index contributed by atoms with van der Waals surface area (Å²) in [6.07, 6.45) is -4.69. The van der Waals surface area contributed by atoms with Crippen LogP contribution in [0, 0.1) is 0 Å². The normalized spacial score (nSPS) is 31.8. The van der Waals surface area contributed by atoms with E-state index in [1.165, 1.54) is 7.05 Å². The third kappa shape index (κ3) is 1.88. The Morgan fingerprint density at radius 2 is 2.17 bits per heavy atom. The van der Waals surface area contributed by atoms with Gasteiger partial charge in [-0.2, -0.15) is 0 Å². The topological polar surface area (TPSA) is 93.7 Å². The van der Waals surface area contributed by atoms with Crippen molar-refractivity contribution in [3.63, 3.8) is 0 Å². The molecule has 0 amide bonds. The molecule has 0 bridgehead atoms. The van der Waals surface area contributed by atoms with Crippen molar-refractivity contribution in [1.82, 2.24) is 9.13 Å². The zero-order valence-electron chi connectivity index (χ0n) is 9.56. The number of aromatic nitrogens is 2. The first-order chi connectivity index (χ1) is 8.47. The molecule has 7 nitrogen and oxygen atoms in total. The highest BCUT2D eigenvalue weighted by Crippen LogP contribution is 2.30. The third-order valence-electron chi connectivity index (χ3n) is 2.96. The lowest BCUT2D eigenvalue weighted by Gasteiger charge is -2.16. The van der Waals surface area contributed by atoms with Crippen molar-refractivity contribution >= 4 is 0 Å². The smallest absolute Gasteiger partial charge is 0.332 e. The second-order valence-corrected chi connectivity index (χ2v) is 4.09. The summed E-state index contributed by atoms with van der Waals surface area (Å²) in [7, 11) is 1.25. The summed E-state index contributed by atoms with van der Waals surface area (Å²) in [5.74, 6) is 0. The maximum atomic E-state index is 13.8. The number of nitrogens with zero attached hydrogens (tertiary/aromatic N) is 2. The Morgan fingerprint density at radius 3 is 2.72 bits per heavy atom. The SMILES string of the molecule is Cn1c(=O)ccn([C@@H]2O[C@H](CO)[C@H](O)C2F)c1=O. The predicted molar refractivity (Wildman–Crippen MR) is 57.8 cm³/mol. The van der Waals surface area contributed by atoms with Gasteiger partial charge in [0.25, 0.3) is 5.56 Å². The molecule has 1 aliphatic heterocycles. The summed E-state index contributed by atoms with van der Waals surface area (Å²) in [5, 5.41) is 18.4. The molecule has 1 aromatic heterocycles. The van der Waals surface area contributed by atoms with Crippen molar-refractivity contribution in [1.29, 1.82) is 0 Å². The molecule has 1 aromatic rings. The number of aliphatic hydroxyl groups excluding tert-OH is 2. The van der Waals surface area contributed by atoms with Gasteiger partial charge in [-0.05, 0) is 0 Å². The summed E-state index contributed by atoms with van der Waals surface area (Å²) >= 11 is 0. The fourth-order valence-corrected chi connectivity index (χ4v) is 1.86. The average Bonchev–Trinajstić information content (AvgIpc) is 2.64. The van der Waals surface area contributed by atoms with E-state index in [9.17, 15) is 19.1 Å². The van der Waals surface area contributed by atoms with Crippen molar-refractivity contribution in [2.75, 3.05) is 6.61 Å². The summed E-state index contributed by atoms with van der Waals surface area (Å²) < 4.78 is 20.5. The van der Waals surface area contributed by atoms with E-state index in [4.69, 9.17) is 9.84 Å². The number of hydrogen-bond donors (Lipinski definition) is 2. The summed E-state index contributed by atoms with van der Waals surface area (Å²) in [6.45, 7) is -0.557. The summed E-state index contributed by atoms with van der Waals surface area (Å²) in [5.41, 5.74) is -1.27. The van der Waals surface area contributed by atoms with Gasteiger partial charge in [-0.1, -0.05) is 0 Å². The molecule has 18 heavy (non-hydrogen) atoms. The van der Waals surface area contributed by atoms with Crippen molar-refractivity contribution in [3.05, 3.63) is 33.1 Å². The van der Waals surface area contributed by atoms with E-state index in [2.05, 4.69) is 0 Å². The van der Waals surface area contributed by atoms with E-state index < -0.39 is 42.5 Å². The number of halogens is 1. The van der Waals surface area contributed by atoms with Crippen LogP contribution in [-0.4, -0.2) is 44.3 Å². The average molecular weight is 260 g/mol. The van der Waals surface area contributed by atoms with Gasteiger partial charge in [0.15, 0.2) is 12.4 Å². The highest BCUT2D eigenvalue weighted by atomic mass is 19.1. The lowest BCUT2D eigenvalue weighted by Crippen LogP contribution is -2.40. The quantitative estimate of drug-likeness (QED) is 0.650. The van der Waals surface area contributed by atoms with E-state index in [-0.39, 0.29) is 0 Å². The molecule has 0 aliphatic carbocycles. The molecule has 1 fully saturated rings. The largest absolute Gasteiger partial charge is 0.394 e. The lowest BCUT2D eigenvalue weighted by molar-refractivity contribution is -0.0495. The Hall–Kier alpha value is -1.51. The van der Waals surface area contributed by atoms with Crippen LogP contribution < -0.4 is 11.2 Å². The molecule has 8 heteroatoms. The van der Waals surface area contributed by atoms with Crippen LogP contribution in [0.4, 0.5) is 4.39 Å². The van der Waals surface area contributed by atoms with Crippen LogP contribution in [0.15, 0.2) is 21.9 Å². The summed E-state index contributed by atoms with van der Waals surface area (Å²) in [6, 6.07) is 1.09. The first-order valence-electron chi connectivity index (χ1n) is 5.34. The number of ether oxygens (including phenoxy) is 1. The number of hydrogen-bond acceptors (Lipinski definition) is 5. The first kappa shape index (κ1) is 12.9. The Bertz CT molecular complexity index is 554. The van der Waals surface area contributed by atoms with Crippen molar-refractivity contribution in [2.45, 2.75) is 24.6 Å². The van der Waals surface area contributed by atoms with Gasteiger partial charge in [0.2, 0.25) is 0 Å². The predicted octanol–water partition coefficient (Wildman–Crippen LogP) is -1.86. The van der Waals surface area contributed by atoms with Crippen LogP contribution in [0.2, 0.25) is 0 Å². The first-order valence-corrected chi connectivity index (χ1v) is 5.34. The molecule has 2 heterocycles. The molecule has 100 valence electrons. The zero-order chi connectivity index (χ0) is 13.4. The van der Waals surface area contributed by atoms with Gasteiger partial charge >= 0.3 is 5.69 Å². The third-order valence-corrected chi connectivity index (χ3v) is 2.96. The minimum atomic E-state index is -1.85. The molecular weight excluding hydrogens is 247 g/mol. The number of rotatable bonds is 2. The van der Waals surface area contributed by atoms with E-state index in [0.717, 1.165) is 21.4 Å². The molecule has 0 aromatic carbocycles. The Balaban J connectivity index is 2.42. The minimum Gasteiger partial charge on any atom is -0.394 e. The molecular formula is C10H13FN2O5.